The van der Waals surface area contributed by atoms with E-state index < -0.39 is 0 Å². The van der Waals surface area contributed by atoms with Gasteiger partial charge in [-0.1, -0.05) is 20.8 Å². The van der Waals surface area contributed by atoms with Crippen molar-refractivity contribution in [1.82, 2.24) is 10.2 Å². The maximum Gasteiger partial charge on any atom is 0.00130 e. The van der Waals surface area contributed by atoms with E-state index in [1.54, 1.807) is 0 Å². The van der Waals surface area contributed by atoms with E-state index in [0.29, 0.717) is 5.41 Å². The van der Waals surface area contributed by atoms with Crippen molar-refractivity contribution in [2.75, 3.05) is 32.7 Å². The molecule has 2 nitrogen and oxygen atoms in total. The molecule has 22 heavy (non-hydrogen) atoms. The van der Waals surface area contributed by atoms with Gasteiger partial charge in [0.05, 0.1) is 0 Å². The largest absolute Gasteiger partial charge is 0.316 e. The summed E-state index contributed by atoms with van der Waals surface area (Å²) in [5.74, 6) is 6.12. The quantitative estimate of drug-likeness (QED) is 0.856. The molecule has 0 bridgehead atoms. The van der Waals surface area contributed by atoms with Crippen LogP contribution in [0.15, 0.2) is 0 Å². The van der Waals surface area contributed by atoms with Gasteiger partial charge in [0.2, 0.25) is 0 Å². The first kappa shape index (κ1) is 15.4. The Morgan fingerprint density at radius 3 is 2.00 bits per heavy atom. The maximum absolute atomic E-state index is 3.57. The Morgan fingerprint density at radius 2 is 1.45 bits per heavy atom. The summed E-state index contributed by atoms with van der Waals surface area (Å²) in [5, 5.41) is 3.57. The number of rotatable bonds is 3. The molecule has 0 aromatic rings. The molecule has 1 N–H and O–H groups in total. The Balaban J connectivity index is 1.21. The van der Waals surface area contributed by atoms with Crippen molar-refractivity contribution in [2.45, 2.75) is 52.9 Å². The fourth-order valence-corrected chi connectivity index (χ4v) is 6.18. The van der Waals surface area contributed by atoms with E-state index in [1.165, 1.54) is 64.8 Å². The SMILES string of the molecule is CC(C)(C)C1CC2CN(CCC3CC4CNCC4C3)CC2C1. The number of nitrogens with zero attached hydrogens (tertiary/aromatic N) is 1. The van der Waals surface area contributed by atoms with Crippen LogP contribution in [-0.4, -0.2) is 37.6 Å². The molecule has 0 spiro atoms. The lowest BCUT2D eigenvalue weighted by molar-refractivity contribution is 0.207. The Hall–Kier alpha value is -0.0800. The first-order valence-corrected chi connectivity index (χ1v) is 9.92. The van der Waals surface area contributed by atoms with Gasteiger partial charge >= 0.3 is 0 Å². The van der Waals surface area contributed by atoms with Gasteiger partial charge in [0.1, 0.15) is 0 Å². The molecule has 2 aliphatic carbocycles. The summed E-state index contributed by atoms with van der Waals surface area (Å²) < 4.78 is 0. The lowest BCUT2D eigenvalue weighted by atomic mass is 9.79. The van der Waals surface area contributed by atoms with Crippen molar-refractivity contribution in [3.8, 4) is 0 Å². The third-order valence-corrected chi connectivity index (χ3v) is 7.66. The topological polar surface area (TPSA) is 15.3 Å². The molecule has 4 aliphatic rings. The maximum atomic E-state index is 3.57. The van der Waals surface area contributed by atoms with Gasteiger partial charge in [0.25, 0.3) is 0 Å². The van der Waals surface area contributed by atoms with Crippen LogP contribution in [0.3, 0.4) is 0 Å². The zero-order chi connectivity index (χ0) is 15.3. The minimum Gasteiger partial charge on any atom is -0.316 e. The summed E-state index contributed by atoms with van der Waals surface area (Å²) in [6.07, 6.45) is 7.53. The van der Waals surface area contributed by atoms with Crippen LogP contribution in [0.5, 0.6) is 0 Å². The highest BCUT2D eigenvalue weighted by molar-refractivity contribution is 4.96. The molecule has 2 heterocycles. The van der Waals surface area contributed by atoms with Gasteiger partial charge in [-0.05, 0) is 92.7 Å². The lowest BCUT2D eigenvalue weighted by Gasteiger charge is -2.29. The first-order chi connectivity index (χ1) is 10.5. The van der Waals surface area contributed by atoms with E-state index >= 15 is 0 Å². The van der Waals surface area contributed by atoms with E-state index in [-0.39, 0.29) is 0 Å². The molecular weight excluding hydrogens is 268 g/mol. The zero-order valence-electron chi connectivity index (χ0n) is 15.0. The third-order valence-electron chi connectivity index (χ3n) is 7.66. The van der Waals surface area contributed by atoms with Crippen LogP contribution in [0.25, 0.3) is 0 Å². The summed E-state index contributed by atoms with van der Waals surface area (Å²) in [6, 6.07) is 0. The van der Waals surface area contributed by atoms with E-state index in [2.05, 4.69) is 31.0 Å². The average molecular weight is 305 g/mol. The van der Waals surface area contributed by atoms with Crippen molar-refractivity contribution >= 4 is 0 Å². The van der Waals surface area contributed by atoms with E-state index in [0.717, 1.165) is 35.5 Å². The molecule has 2 saturated heterocycles. The van der Waals surface area contributed by atoms with E-state index in [4.69, 9.17) is 0 Å². The standard InChI is InChI=1S/C20H36N2/c1-20(2,3)19-8-17-12-22(13-18(17)9-19)5-4-14-6-15-10-21-11-16(15)7-14/h14-19,21H,4-13H2,1-3H3. The highest BCUT2D eigenvalue weighted by atomic mass is 15.2. The fraction of sp³-hybridized carbons (Fsp3) is 1.00. The number of likely N-dealkylation sites (tertiary alicyclic amines) is 1. The molecule has 0 aromatic carbocycles. The molecule has 2 aliphatic heterocycles. The molecule has 4 fully saturated rings. The summed E-state index contributed by atoms with van der Waals surface area (Å²) >= 11 is 0. The Kier molecular flexibility index (Phi) is 4.05. The number of hydrogen-bond donors (Lipinski definition) is 1. The van der Waals surface area contributed by atoms with Crippen LogP contribution in [0.2, 0.25) is 0 Å². The van der Waals surface area contributed by atoms with E-state index in [9.17, 15) is 0 Å². The van der Waals surface area contributed by atoms with Gasteiger partial charge in [-0.3, -0.25) is 0 Å². The molecule has 4 atom stereocenters. The van der Waals surface area contributed by atoms with Crippen LogP contribution in [0.1, 0.15) is 52.9 Å². The highest BCUT2D eigenvalue weighted by Crippen LogP contribution is 2.48. The molecule has 0 amide bonds. The zero-order valence-corrected chi connectivity index (χ0v) is 15.0. The molecule has 0 aromatic heterocycles. The van der Waals surface area contributed by atoms with Crippen molar-refractivity contribution in [3.05, 3.63) is 0 Å². The molecule has 4 rings (SSSR count). The predicted octanol–water partition coefficient (Wildman–Crippen LogP) is 3.63. The van der Waals surface area contributed by atoms with Crippen LogP contribution in [0, 0.1) is 40.9 Å². The second-order valence-electron chi connectivity index (χ2n) is 10.1. The highest BCUT2D eigenvalue weighted by Gasteiger charge is 2.44. The Bertz CT molecular complexity index is 373. The third kappa shape index (κ3) is 2.98. The van der Waals surface area contributed by atoms with Crippen LogP contribution in [0.4, 0.5) is 0 Å². The monoisotopic (exact) mass is 304 g/mol. The Labute approximate surface area is 137 Å². The smallest absolute Gasteiger partial charge is 0.00130 e. The number of nitrogens with one attached hydrogen (secondary N) is 1. The first-order valence-electron chi connectivity index (χ1n) is 9.92. The second kappa shape index (κ2) is 5.77. The fourth-order valence-electron chi connectivity index (χ4n) is 6.18. The molecule has 2 saturated carbocycles. The lowest BCUT2D eigenvalue weighted by Crippen LogP contribution is -2.27. The minimum atomic E-state index is 0.533. The van der Waals surface area contributed by atoms with Gasteiger partial charge in [0, 0.05) is 13.1 Å². The van der Waals surface area contributed by atoms with Crippen molar-refractivity contribution in [1.29, 1.82) is 0 Å². The summed E-state index contributed by atoms with van der Waals surface area (Å²) in [5.41, 5.74) is 0.533. The van der Waals surface area contributed by atoms with Crippen LogP contribution >= 0.6 is 0 Å². The molecule has 126 valence electrons. The van der Waals surface area contributed by atoms with Crippen molar-refractivity contribution in [2.24, 2.45) is 40.9 Å². The van der Waals surface area contributed by atoms with Gasteiger partial charge in [-0.25, -0.2) is 0 Å². The van der Waals surface area contributed by atoms with Gasteiger partial charge < -0.3 is 10.2 Å². The molecule has 2 heteroatoms. The normalized spacial score (nSPS) is 45.4. The van der Waals surface area contributed by atoms with Crippen LogP contribution < -0.4 is 5.32 Å². The summed E-state index contributed by atoms with van der Waals surface area (Å²) in [7, 11) is 0. The van der Waals surface area contributed by atoms with Crippen LogP contribution in [-0.2, 0) is 0 Å². The van der Waals surface area contributed by atoms with Gasteiger partial charge in [-0.15, -0.1) is 0 Å². The van der Waals surface area contributed by atoms with Crippen molar-refractivity contribution in [3.63, 3.8) is 0 Å². The van der Waals surface area contributed by atoms with Gasteiger partial charge in [-0.2, -0.15) is 0 Å². The van der Waals surface area contributed by atoms with Gasteiger partial charge in [0.15, 0.2) is 0 Å². The Morgan fingerprint density at radius 1 is 0.864 bits per heavy atom. The van der Waals surface area contributed by atoms with E-state index in [1.807, 2.05) is 0 Å². The minimum absolute atomic E-state index is 0.533. The molecular formula is C20H36N2. The molecule has 0 radical (unpaired) electrons. The molecule has 4 unspecified atom stereocenters. The second-order valence-corrected chi connectivity index (χ2v) is 10.1. The van der Waals surface area contributed by atoms with Crippen molar-refractivity contribution < 1.29 is 0 Å². The summed E-state index contributed by atoms with van der Waals surface area (Å²) in [4.78, 5) is 2.82. The average Bonchev–Trinajstić information content (AvgIpc) is 3.13. The number of fused-ring (bicyclic) bond motifs is 2. The number of hydrogen-bond acceptors (Lipinski definition) is 2. The predicted molar refractivity (Wildman–Crippen MR) is 92.8 cm³/mol. The summed E-state index contributed by atoms with van der Waals surface area (Å²) in [6.45, 7) is 14.2.